The molecule has 3 aromatic rings. The Morgan fingerprint density at radius 1 is 1.24 bits per heavy atom. The fourth-order valence-electron chi connectivity index (χ4n) is 2.88. The van der Waals surface area contributed by atoms with Gasteiger partial charge < -0.3 is 15.2 Å². The molecule has 1 saturated heterocycles. The topological polar surface area (TPSA) is 118 Å². The summed E-state index contributed by atoms with van der Waals surface area (Å²) in [4.78, 5) is 37.4. The Kier molecular flexibility index (Phi) is 7.08. The van der Waals surface area contributed by atoms with Crippen LogP contribution in [0.4, 0.5) is 15.1 Å². The summed E-state index contributed by atoms with van der Waals surface area (Å²) in [6.07, 6.45) is 7.85. The van der Waals surface area contributed by atoms with E-state index in [1.807, 2.05) is 12.1 Å². The second kappa shape index (κ2) is 10.2. The van der Waals surface area contributed by atoms with Gasteiger partial charge in [-0.2, -0.15) is 0 Å². The van der Waals surface area contributed by atoms with Gasteiger partial charge in [-0.3, -0.25) is 19.5 Å². The lowest BCUT2D eigenvalue weighted by Gasteiger charge is -2.12. The molecule has 2 amide bonds. The van der Waals surface area contributed by atoms with Gasteiger partial charge in [-0.1, -0.05) is 0 Å². The van der Waals surface area contributed by atoms with Crippen LogP contribution >= 0.6 is 27.7 Å². The lowest BCUT2D eigenvalue weighted by Crippen LogP contribution is -2.22. The zero-order valence-corrected chi connectivity index (χ0v) is 20.1. The van der Waals surface area contributed by atoms with Crippen molar-refractivity contribution in [1.29, 1.82) is 0 Å². The smallest absolute Gasteiger partial charge is 0.293 e. The molecule has 0 saturated carbocycles. The van der Waals surface area contributed by atoms with Gasteiger partial charge in [0, 0.05) is 43.9 Å². The van der Waals surface area contributed by atoms with Gasteiger partial charge in [0.05, 0.1) is 9.38 Å². The molecule has 1 aromatic carbocycles. The largest absolute Gasteiger partial charge is 0.502 e. The van der Waals surface area contributed by atoms with Crippen molar-refractivity contribution in [3.8, 4) is 11.5 Å². The summed E-state index contributed by atoms with van der Waals surface area (Å²) in [6.45, 7) is 0.495. The number of pyridine rings is 1. The minimum absolute atomic E-state index is 0.0375. The highest BCUT2D eigenvalue weighted by atomic mass is 79.9. The number of aromatic hydroxyl groups is 1. The molecule has 0 radical (unpaired) electrons. The van der Waals surface area contributed by atoms with Crippen LogP contribution in [0.25, 0.3) is 6.08 Å². The number of phenols is 1. The lowest BCUT2D eigenvalue weighted by atomic mass is 10.1. The van der Waals surface area contributed by atoms with E-state index in [1.165, 1.54) is 19.2 Å². The average molecular weight is 546 g/mol. The van der Waals surface area contributed by atoms with Gasteiger partial charge in [0.2, 0.25) is 5.95 Å². The number of nitrogens with one attached hydrogen (secondary N) is 1. The van der Waals surface area contributed by atoms with Gasteiger partial charge in [0.15, 0.2) is 17.3 Å². The van der Waals surface area contributed by atoms with Crippen molar-refractivity contribution >= 4 is 50.9 Å². The number of anilines is 1. The van der Waals surface area contributed by atoms with Crippen LogP contribution in [0.2, 0.25) is 0 Å². The van der Waals surface area contributed by atoms with E-state index < -0.39 is 22.7 Å². The molecule has 0 spiro atoms. The van der Waals surface area contributed by atoms with E-state index in [0.29, 0.717) is 18.1 Å². The minimum atomic E-state index is -0.952. The van der Waals surface area contributed by atoms with Gasteiger partial charge in [-0.15, -0.1) is 0 Å². The van der Waals surface area contributed by atoms with Crippen molar-refractivity contribution in [1.82, 2.24) is 19.9 Å². The molecule has 0 aliphatic carbocycles. The SMILES string of the molecule is CN1C(=O)S/C(=C\c2cc(OCc3cnc(NCc4ccncc4)nc3)c(O)c(F)c2Br)C1=O. The van der Waals surface area contributed by atoms with E-state index >= 15 is 0 Å². The maximum Gasteiger partial charge on any atom is 0.293 e. The fraction of sp³-hybridized carbons (Fsp3) is 0.136. The summed E-state index contributed by atoms with van der Waals surface area (Å²) in [7, 11) is 1.36. The predicted octanol–water partition coefficient (Wildman–Crippen LogP) is 4.34. The van der Waals surface area contributed by atoms with Gasteiger partial charge in [0.1, 0.15) is 6.61 Å². The molecule has 12 heteroatoms. The number of carbonyl (C=O) groups excluding carboxylic acids is 2. The minimum Gasteiger partial charge on any atom is -0.502 e. The third kappa shape index (κ3) is 5.18. The van der Waals surface area contributed by atoms with Crippen molar-refractivity contribution < 1.29 is 23.8 Å². The van der Waals surface area contributed by atoms with Crippen molar-refractivity contribution in [3.63, 3.8) is 0 Å². The molecular weight excluding hydrogens is 529 g/mol. The summed E-state index contributed by atoms with van der Waals surface area (Å²) >= 11 is 3.82. The summed E-state index contributed by atoms with van der Waals surface area (Å²) in [5, 5.41) is 12.8. The number of rotatable bonds is 7. The first-order chi connectivity index (χ1) is 16.3. The van der Waals surface area contributed by atoms with Crippen LogP contribution in [-0.2, 0) is 17.9 Å². The molecule has 0 bridgehead atoms. The number of phenolic OH excluding ortho intramolecular Hbond substituents is 1. The zero-order chi connectivity index (χ0) is 24.2. The number of imide groups is 1. The van der Waals surface area contributed by atoms with Gasteiger partial charge in [-0.05, 0) is 63.1 Å². The predicted molar refractivity (Wildman–Crippen MR) is 127 cm³/mol. The maximum absolute atomic E-state index is 14.6. The monoisotopic (exact) mass is 545 g/mol. The average Bonchev–Trinajstić information content (AvgIpc) is 3.10. The van der Waals surface area contributed by atoms with Crippen molar-refractivity contribution in [2.75, 3.05) is 12.4 Å². The van der Waals surface area contributed by atoms with Crippen LogP contribution in [0, 0.1) is 5.82 Å². The van der Waals surface area contributed by atoms with Crippen molar-refractivity contribution in [3.05, 3.63) is 74.9 Å². The Morgan fingerprint density at radius 2 is 1.94 bits per heavy atom. The number of carbonyl (C=O) groups is 2. The second-order valence-electron chi connectivity index (χ2n) is 7.09. The molecular formula is C22H17BrFN5O4S. The first-order valence-corrected chi connectivity index (χ1v) is 11.4. The van der Waals surface area contributed by atoms with E-state index in [9.17, 15) is 19.1 Å². The highest BCUT2D eigenvalue weighted by Crippen LogP contribution is 2.40. The Balaban J connectivity index is 1.45. The number of thioether (sulfide) groups is 1. The molecule has 9 nitrogen and oxygen atoms in total. The Morgan fingerprint density at radius 3 is 2.59 bits per heavy atom. The number of nitrogens with zero attached hydrogens (tertiary/aromatic N) is 4. The van der Waals surface area contributed by atoms with Crippen LogP contribution in [0.5, 0.6) is 11.5 Å². The third-order valence-corrected chi connectivity index (χ3v) is 6.51. The molecule has 174 valence electrons. The Hall–Kier alpha value is -3.51. The molecule has 2 aromatic heterocycles. The van der Waals surface area contributed by atoms with E-state index in [-0.39, 0.29) is 27.3 Å². The highest BCUT2D eigenvalue weighted by molar-refractivity contribution is 9.10. The standard InChI is InChI=1S/C22H17BrFN5O4S/c1-29-20(31)16(34-22(29)32)7-14-6-15(19(30)18(24)17(14)23)33-11-13-9-27-21(28-10-13)26-8-12-2-4-25-5-3-12/h2-7,9-10,30H,8,11H2,1H3,(H,26,27,28)/b16-7-. The quantitative estimate of drug-likeness (QED) is 0.418. The summed E-state index contributed by atoms with van der Waals surface area (Å²) < 4.78 is 20.1. The molecule has 34 heavy (non-hydrogen) atoms. The summed E-state index contributed by atoms with van der Waals surface area (Å²) in [5.41, 5.74) is 1.85. The van der Waals surface area contributed by atoms with E-state index in [1.54, 1.807) is 24.8 Å². The molecule has 0 unspecified atom stereocenters. The molecule has 1 aliphatic rings. The number of ether oxygens (including phenoxy) is 1. The van der Waals surface area contributed by atoms with Crippen LogP contribution in [0.15, 0.2) is 52.4 Å². The molecule has 1 fully saturated rings. The number of hydrogen-bond donors (Lipinski definition) is 2. The van der Waals surface area contributed by atoms with Crippen LogP contribution < -0.4 is 10.1 Å². The normalized spacial score (nSPS) is 14.7. The molecule has 1 aliphatic heterocycles. The first-order valence-electron chi connectivity index (χ1n) is 9.82. The van der Waals surface area contributed by atoms with E-state index in [2.05, 4.69) is 36.2 Å². The number of aromatic nitrogens is 3. The molecule has 3 heterocycles. The number of likely N-dealkylation sites (N-methyl/N-ethyl adjacent to an activating group) is 1. The van der Waals surface area contributed by atoms with Crippen molar-refractivity contribution in [2.24, 2.45) is 0 Å². The summed E-state index contributed by atoms with van der Waals surface area (Å²) in [5.74, 6) is -1.85. The van der Waals surface area contributed by atoms with E-state index in [0.717, 1.165) is 22.2 Å². The third-order valence-electron chi connectivity index (χ3n) is 4.75. The molecule has 2 N–H and O–H groups in total. The van der Waals surface area contributed by atoms with Crippen LogP contribution in [0.1, 0.15) is 16.7 Å². The van der Waals surface area contributed by atoms with Gasteiger partial charge in [0.25, 0.3) is 11.1 Å². The van der Waals surface area contributed by atoms with Crippen LogP contribution in [-0.4, -0.2) is 43.2 Å². The Bertz CT molecular complexity index is 1270. The molecule has 4 rings (SSSR count). The maximum atomic E-state index is 14.6. The van der Waals surface area contributed by atoms with Gasteiger partial charge in [-0.25, -0.2) is 14.4 Å². The highest BCUT2D eigenvalue weighted by Gasteiger charge is 2.32. The van der Waals surface area contributed by atoms with E-state index in [4.69, 9.17) is 4.74 Å². The zero-order valence-electron chi connectivity index (χ0n) is 17.7. The fourth-order valence-corrected chi connectivity index (χ4v) is 4.11. The number of benzene rings is 1. The first kappa shape index (κ1) is 23.6. The summed E-state index contributed by atoms with van der Waals surface area (Å²) in [6, 6.07) is 5.12. The van der Waals surface area contributed by atoms with Gasteiger partial charge >= 0.3 is 0 Å². The van der Waals surface area contributed by atoms with Crippen LogP contribution in [0.3, 0.4) is 0 Å². The van der Waals surface area contributed by atoms with Crippen molar-refractivity contribution in [2.45, 2.75) is 13.2 Å². The molecule has 0 atom stereocenters. The number of hydrogen-bond acceptors (Lipinski definition) is 9. The second-order valence-corrected chi connectivity index (χ2v) is 8.88. The Labute approximate surface area is 206 Å². The lowest BCUT2D eigenvalue weighted by molar-refractivity contribution is -0.121. The number of amides is 2. The number of halogens is 2.